The standard InChI is InChI=1S/C8H14N4O2/c1-4-12(5-2)7(13)6-9-8(14)11(3)10-6/h4-5H2,1-3H3,(H,9,10,14). The van der Waals surface area contributed by atoms with Crippen molar-refractivity contribution in [1.29, 1.82) is 0 Å². The monoisotopic (exact) mass is 198 g/mol. The van der Waals surface area contributed by atoms with Gasteiger partial charge in [-0.05, 0) is 13.8 Å². The third kappa shape index (κ3) is 1.84. The zero-order valence-electron chi connectivity index (χ0n) is 8.57. The van der Waals surface area contributed by atoms with Gasteiger partial charge in [0.1, 0.15) is 0 Å². The number of nitrogens with zero attached hydrogens (tertiary/aromatic N) is 3. The van der Waals surface area contributed by atoms with E-state index in [2.05, 4.69) is 10.1 Å². The number of aryl methyl sites for hydroxylation is 1. The van der Waals surface area contributed by atoms with Crippen LogP contribution in [0.2, 0.25) is 0 Å². The van der Waals surface area contributed by atoms with Gasteiger partial charge >= 0.3 is 5.69 Å². The summed E-state index contributed by atoms with van der Waals surface area (Å²) in [5.41, 5.74) is -0.375. The quantitative estimate of drug-likeness (QED) is 0.717. The van der Waals surface area contributed by atoms with Crippen LogP contribution in [0.5, 0.6) is 0 Å². The molecule has 0 radical (unpaired) electrons. The molecule has 1 aromatic rings. The number of aromatic nitrogens is 3. The molecule has 1 heterocycles. The maximum Gasteiger partial charge on any atom is 0.343 e. The summed E-state index contributed by atoms with van der Waals surface area (Å²) in [6, 6.07) is 0. The summed E-state index contributed by atoms with van der Waals surface area (Å²) >= 11 is 0. The van der Waals surface area contributed by atoms with Gasteiger partial charge in [-0.1, -0.05) is 0 Å². The van der Waals surface area contributed by atoms with Crippen LogP contribution in [0.25, 0.3) is 0 Å². The summed E-state index contributed by atoms with van der Waals surface area (Å²) in [5.74, 6) is -0.145. The summed E-state index contributed by atoms with van der Waals surface area (Å²) in [6.07, 6.45) is 0. The largest absolute Gasteiger partial charge is 0.343 e. The van der Waals surface area contributed by atoms with Crippen molar-refractivity contribution < 1.29 is 4.79 Å². The van der Waals surface area contributed by atoms with Crippen LogP contribution >= 0.6 is 0 Å². The molecular weight excluding hydrogens is 184 g/mol. The molecule has 0 aliphatic carbocycles. The molecule has 0 unspecified atom stereocenters. The minimum Gasteiger partial charge on any atom is -0.336 e. The molecule has 1 aromatic heterocycles. The predicted molar refractivity (Wildman–Crippen MR) is 51.1 cm³/mol. The Kier molecular flexibility index (Phi) is 3.06. The molecule has 0 aliphatic heterocycles. The van der Waals surface area contributed by atoms with Crippen molar-refractivity contribution in [2.75, 3.05) is 13.1 Å². The highest BCUT2D eigenvalue weighted by atomic mass is 16.2. The van der Waals surface area contributed by atoms with Gasteiger partial charge in [0.05, 0.1) is 0 Å². The summed E-state index contributed by atoms with van der Waals surface area (Å²) in [4.78, 5) is 26.7. The fourth-order valence-electron chi connectivity index (χ4n) is 1.16. The SMILES string of the molecule is CCN(CC)C(=O)c1nn(C)c(=O)[nH]1. The number of carbonyl (C=O) groups excluding carboxylic acids is 1. The van der Waals surface area contributed by atoms with Gasteiger partial charge in [0.2, 0.25) is 5.82 Å². The topological polar surface area (TPSA) is 71.0 Å². The van der Waals surface area contributed by atoms with Crippen molar-refractivity contribution >= 4 is 5.91 Å². The van der Waals surface area contributed by atoms with Gasteiger partial charge < -0.3 is 4.90 Å². The number of carbonyl (C=O) groups is 1. The molecule has 78 valence electrons. The van der Waals surface area contributed by atoms with E-state index in [1.54, 1.807) is 4.90 Å². The van der Waals surface area contributed by atoms with Crippen LogP contribution in [0, 0.1) is 0 Å². The predicted octanol–water partition coefficient (Wildman–Crippen LogP) is -0.410. The zero-order valence-corrected chi connectivity index (χ0v) is 8.57. The lowest BCUT2D eigenvalue weighted by atomic mass is 10.4. The van der Waals surface area contributed by atoms with Crippen molar-refractivity contribution in [3.63, 3.8) is 0 Å². The minimum absolute atomic E-state index is 0.0983. The maximum absolute atomic E-state index is 11.7. The van der Waals surface area contributed by atoms with Crippen LogP contribution in [0.4, 0.5) is 0 Å². The summed E-state index contributed by atoms with van der Waals surface area (Å²) in [6.45, 7) is 4.97. The molecule has 0 bridgehead atoms. The lowest BCUT2D eigenvalue weighted by Gasteiger charge is -2.16. The molecule has 0 saturated heterocycles. The first-order valence-electron chi connectivity index (χ1n) is 4.52. The van der Waals surface area contributed by atoms with E-state index in [0.29, 0.717) is 13.1 Å². The number of amides is 1. The van der Waals surface area contributed by atoms with Crippen molar-refractivity contribution in [1.82, 2.24) is 19.7 Å². The lowest BCUT2D eigenvalue weighted by molar-refractivity contribution is 0.0760. The summed E-state index contributed by atoms with van der Waals surface area (Å²) < 4.78 is 1.11. The number of hydrogen-bond acceptors (Lipinski definition) is 3. The van der Waals surface area contributed by atoms with Gasteiger partial charge in [0.25, 0.3) is 5.91 Å². The molecule has 1 N–H and O–H groups in total. The van der Waals surface area contributed by atoms with E-state index < -0.39 is 0 Å². The van der Waals surface area contributed by atoms with Crippen molar-refractivity contribution in [2.24, 2.45) is 7.05 Å². The van der Waals surface area contributed by atoms with Crippen LogP contribution in [0.3, 0.4) is 0 Å². The van der Waals surface area contributed by atoms with Crippen LogP contribution < -0.4 is 5.69 Å². The maximum atomic E-state index is 11.7. The van der Waals surface area contributed by atoms with Crippen molar-refractivity contribution in [3.8, 4) is 0 Å². The van der Waals surface area contributed by atoms with E-state index in [1.807, 2.05) is 13.8 Å². The van der Waals surface area contributed by atoms with E-state index in [0.717, 1.165) is 4.68 Å². The average Bonchev–Trinajstić information content (AvgIpc) is 2.49. The molecule has 1 amide bonds. The molecule has 0 fully saturated rings. The lowest BCUT2D eigenvalue weighted by Crippen LogP contribution is -2.31. The first kappa shape index (κ1) is 10.5. The second kappa shape index (κ2) is 4.08. The van der Waals surface area contributed by atoms with Crippen molar-refractivity contribution in [3.05, 3.63) is 16.3 Å². The molecule has 0 spiro atoms. The summed E-state index contributed by atoms with van der Waals surface area (Å²) in [7, 11) is 1.50. The van der Waals surface area contributed by atoms with Gasteiger partial charge in [-0.25, -0.2) is 9.48 Å². The Morgan fingerprint density at radius 2 is 2.07 bits per heavy atom. The summed E-state index contributed by atoms with van der Waals surface area (Å²) in [5, 5.41) is 3.78. The number of rotatable bonds is 3. The average molecular weight is 198 g/mol. The Hall–Kier alpha value is -1.59. The van der Waals surface area contributed by atoms with Gasteiger partial charge in [-0.2, -0.15) is 0 Å². The van der Waals surface area contributed by atoms with E-state index >= 15 is 0 Å². The molecule has 6 nitrogen and oxygen atoms in total. The smallest absolute Gasteiger partial charge is 0.336 e. The molecule has 6 heteroatoms. The highest BCUT2D eigenvalue weighted by Gasteiger charge is 2.16. The highest BCUT2D eigenvalue weighted by Crippen LogP contribution is 1.95. The molecule has 14 heavy (non-hydrogen) atoms. The van der Waals surface area contributed by atoms with E-state index in [-0.39, 0.29) is 17.4 Å². The fourth-order valence-corrected chi connectivity index (χ4v) is 1.16. The number of H-pyrrole nitrogens is 1. The molecule has 1 rings (SSSR count). The normalized spacial score (nSPS) is 10.2. The Bertz CT molecular complexity index is 375. The second-order valence-electron chi connectivity index (χ2n) is 2.88. The molecule has 0 atom stereocenters. The molecule has 0 saturated carbocycles. The fraction of sp³-hybridized carbons (Fsp3) is 0.625. The highest BCUT2D eigenvalue weighted by molar-refractivity contribution is 5.90. The Morgan fingerprint density at radius 1 is 1.50 bits per heavy atom. The molecule has 0 aliphatic rings. The second-order valence-corrected chi connectivity index (χ2v) is 2.88. The van der Waals surface area contributed by atoms with Gasteiger partial charge in [0.15, 0.2) is 0 Å². The van der Waals surface area contributed by atoms with Crippen LogP contribution in [0.15, 0.2) is 4.79 Å². The van der Waals surface area contributed by atoms with Gasteiger partial charge in [-0.15, -0.1) is 5.10 Å². The first-order chi connectivity index (χ1) is 6.60. The van der Waals surface area contributed by atoms with Gasteiger partial charge in [-0.3, -0.25) is 9.78 Å². The number of hydrogen-bond donors (Lipinski definition) is 1. The Balaban J connectivity index is 2.94. The first-order valence-corrected chi connectivity index (χ1v) is 4.52. The van der Waals surface area contributed by atoms with E-state index in [4.69, 9.17) is 0 Å². The number of aromatic amines is 1. The zero-order chi connectivity index (χ0) is 10.7. The van der Waals surface area contributed by atoms with Crippen molar-refractivity contribution in [2.45, 2.75) is 13.8 Å². The van der Waals surface area contributed by atoms with E-state index in [9.17, 15) is 9.59 Å². The minimum atomic E-state index is -0.375. The van der Waals surface area contributed by atoms with E-state index in [1.165, 1.54) is 7.05 Å². The third-order valence-corrected chi connectivity index (χ3v) is 2.02. The van der Waals surface area contributed by atoms with Crippen LogP contribution in [-0.4, -0.2) is 38.7 Å². The van der Waals surface area contributed by atoms with Crippen LogP contribution in [0.1, 0.15) is 24.5 Å². The Labute approximate surface area is 81.5 Å². The molecular formula is C8H14N4O2. The third-order valence-electron chi connectivity index (χ3n) is 2.02. The number of nitrogens with one attached hydrogen (secondary N) is 1. The Morgan fingerprint density at radius 3 is 2.43 bits per heavy atom. The van der Waals surface area contributed by atoms with Crippen LogP contribution in [-0.2, 0) is 7.05 Å². The molecule has 0 aromatic carbocycles. The van der Waals surface area contributed by atoms with Gasteiger partial charge in [0, 0.05) is 20.1 Å².